The van der Waals surface area contributed by atoms with Gasteiger partial charge < -0.3 is 10.6 Å². The molecule has 1 unspecified atom stereocenters. The standard InChI is InChI=1S/C7H10F2N2O/c8-7(9)5(12)11-4-6(7)1-2-10-3-6/h10H,1-4H2,(H,11,12). The Labute approximate surface area is 68.5 Å². The molecule has 0 radical (unpaired) electrons. The predicted molar refractivity (Wildman–Crippen MR) is 37.9 cm³/mol. The van der Waals surface area contributed by atoms with Gasteiger partial charge in [0, 0.05) is 13.1 Å². The summed E-state index contributed by atoms with van der Waals surface area (Å²) in [7, 11) is 0. The van der Waals surface area contributed by atoms with Gasteiger partial charge in [-0.2, -0.15) is 8.78 Å². The van der Waals surface area contributed by atoms with Crippen molar-refractivity contribution >= 4 is 5.91 Å². The van der Waals surface area contributed by atoms with Crippen molar-refractivity contribution < 1.29 is 13.6 Å². The lowest BCUT2D eigenvalue weighted by Crippen LogP contribution is -2.43. The molecule has 3 nitrogen and oxygen atoms in total. The number of hydrogen-bond acceptors (Lipinski definition) is 2. The van der Waals surface area contributed by atoms with Gasteiger partial charge in [0.25, 0.3) is 5.91 Å². The molecule has 1 amide bonds. The highest BCUT2D eigenvalue weighted by molar-refractivity contribution is 5.87. The van der Waals surface area contributed by atoms with Crippen LogP contribution in [0.3, 0.4) is 0 Å². The van der Waals surface area contributed by atoms with E-state index in [0.717, 1.165) is 0 Å². The van der Waals surface area contributed by atoms with Crippen LogP contribution in [-0.2, 0) is 4.79 Å². The van der Waals surface area contributed by atoms with Crippen LogP contribution >= 0.6 is 0 Å². The van der Waals surface area contributed by atoms with E-state index in [1.165, 1.54) is 0 Å². The molecule has 2 N–H and O–H groups in total. The van der Waals surface area contributed by atoms with Gasteiger partial charge in [-0.3, -0.25) is 4.79 Å². The molecule has 1 atom stereocenters. The van der Waals surface area contributed by atoms with E-state index in [9.17, 15) is 13.6 Å². The first kappa shape index (κ1) is 7.91. The average Bonchev–Trinajstić information content (AvgIpc) is 2.55. The highest BCUT2D eigenvalue weighted by Gasteiger charge is 2.64. The lowest BCUT2D eigenvalue weighted by molar-refractivity contribution is -0.152. The molecular formula is C7H10F2N2O. The Morgan fingerprint density at radius 2 is 2.08 bits per heavy atom. The van der Waals surface area contributed by atoms with Crippen molar-refractivity contribution in [3.05, 3.63) is 0 Å². The van der Waals surface area contributed by atoms with E-state index in [1.807, 2.05) is 0 Å². The van der Waals surface area contributed by atoms with Crippen LogP contribution in [-0.4, -0.2) is 31.5 Å². The molecule has 2 rings (SSSR count). The van der Waals surface area contributed by atoms with Crippen molar-refractivity contribution in [2.45, 2.75) is 12.3 Å². The van der Waals surface area contributed by atoms with E-state index >= 15 is 0 Å². The van der Waals surface area contributed by atoms with E-state index < -0.39 is 17.2 Å². The fraction of sp³-hybridized carbons (Fsp3) is 0.857. The molecule has 5 heteroatoms. The highest BCUT2D eigenvalue weighted by Crippen LogP contribution is 2.44. The monoisotopic (exact) mass is 176 g/mol. The summed E-state index contributed by atoms with van der Waals surface area (Å²) >= 11 is 0. The van der Waals surface area contributed by atoms with Crippen molar-refractivity contribution in [1.82, 2.24) is 10.6 Å². The van der Waals surface area contributed by atoms with Gasteiger partial charge >= 0.3 is 5.92 Å². The molecule has 12 heavy (non-hydrogen) atoms. The molecule has 0 aromatic carbocycles. The zero-order chi connectivity index (χ0) is 8.82. The molecule has 2 fully saturated rings. The lowest BCUT2D eigenvalue weighted by atomic mass is 9.83. The molecule has 2 aliphatic rings. The minimum atomic E-state index is -3.18. The minimum absolute atomic E-state index is 0.103. The summed E-state index contributed by atoms with van der Waals surface area (Å²) in [5.74, 6) is -4.30. The SMILES string of the molecule is O=C1NCC2(CCNC2)C1(F)F. The number of nitrogens with one attached hydrogen (secondary N) is 2. The first-order valence-electron chi connectivity index (χ1n) is 3.95. The number of halogens is 2. The first-order chi connectivity index (χ1) is 5.58. The Bertz CT molecular complexity index is 223. The Morgan fingerprint density at radius 1 is 1.33 bits per heavy atom. The molecule has 2 saturated heterocycles. The molecule has 0 aromatic rings. The van der Waals surface area contributed by atoms with Gasteiger partial charge in [-0.15, -0.1) is 0 Å². The van der Waals surface area contributed by atoms with E-state index in [0.29, 0.717) is 13.0 Å². The van der Waals surface area contributed by atoms with Crippen molar-refractivity contribution in [2.75, 3.05) is 19.6 Å². The summed E-state index contributed by atoms with van der Waals surface area (Å²) in [6.07, 6.45) is 0.374. The summed E-state index contributed by atoms with van der Waals surface area (Å²) in [5.41, 5.74) is -1.15. The van der Waals surface area contributed by atoms with Crippen LogP contribution in [0, 0.1) is 5.41 Å². The van der Waals surface area contributed by atoms with Crippen molar-refractivity contribution in [3.8, 4) is 0 Å². The third kappa shape index (κ3) is 0.744. The van der Waals surface area contributed by atoms with Gasteiger partial charge in [0.15, 0.2) is 0 Å². The second-order valence-electron chi connectivity index (χ2n) is 3.46. The van der Waals surface area contributed by atoms with Crippen molar-refractivity contribution in [2.24, 2.45) is 5.41 Å². The largest absolute Gasteiger partial charge is 0.350 e. The fourth-order valence-corrected chi connectivity index (χ4v) is 1.87. The van der Waals surface area contributed by atoms with Gasteiger partial charge in [-0.05, 0) is 13.0 Å². The third-order valence-electron chi connectivity index (χ3n) is 2.78. The molecule has 0 bridgehead atoms. The Morgan fingerprint density at radius 3 is 2.50 bits per heavy atom. The second-order valence-corrected chi connectivity index (χ2v) is 3.46. The van der Waals surface area contributed by atoms with Gasteiger partial charge in [0.05, 0.1) is 5.41 Å². The van der Waals surface area contributed by atoms with Crippen LogP contribution in [0.25, 0.3) is 0 Å². The Hall–Kier alpha value is -0.710. The summed E-state index contributed by atoms with van der Waals surface area (Å²) < 4.78 is 26.5. The fourth-order valence-electron chi connectivity index (χ4n) is 1.87. The summed E-state index contributed by atoms with van der Waals surface area (Å²) in [6.45, 7) is 0.912. The summed E-state index contributed by atoms with van der Waals surface area (Å²) in [4.78, 5) is 10.8. The minimum Gasteiger partial charge on any atom is -0.350 e. The normalized spacial score (nSPS) is 39.0. The Balaban J connectivity index is 2.32. The molecule has 2 heterocycles. The van der Waals surface area contributed by atoms with Crippen LogP contribution in [0.15, 0.2) is 0 Å². The maximum atomic E-state index is 13.2. The first-order valence-corrected chi connectivity index (χ1v) is 3.95. The number of alkyl halides is 2. The van der Waals surface area contributed by atoms with Crippen LogP contribution in [0.1, 0.15) is 6.42 Å². The topological polar surface area (TPSA) is 41.1 Å². The summed E-state index contributed by atoms with van der Waals surface area (Å²) in [6, 6.07) is 0. The van der Waals surface area contributed by atoms with E-state index in [1.54, 1.807) is 0 Å². The van der Waals surface area contributed by atoms with Crippen LogP contribution in [0.5, 0.6) is 0 Å². The molecule has 0 saturated carbocycles. The lowest BCUT2D eigenvalue weighted by Gasteiger charge is -2.25. The third-order valence-corrected chi connectivity index (χ3v) is 2.78. The predicted octanol–water partition coefficient (Wildman–Crippen LogP) is -0.269. The molecule has 0 aromatic heterocycles. The summed E-state index contributed by atoms with van der Waals surface area (Å²) in [5, 5.41) is 5.07. The zero-order valence-electron chi connectivity index (χ0n) is 6.49. The molecule has 0 aliphatic carbocycles. The van der Waals surface area contributed by atoms with E-state index in [4.69, 9.17) is 0 Å². The van der Waals surface area contributed by atoms with Gasteiger partial charge in [0.2, 0.25) is 0 Å². The van der Waals surface area contributed by atoms with Gasteiger partial charge in [-0.25, -0.2) is 0 Å². The molecular weight excluding hydrogens is 166 g/mol. The maximum Gasteiger partial charge on any atom is 0.332 e. The van der Waals surface area contributed by atoms with Crippen LogP contribution < -0.4 is 10.6 Å². The van der Waals surface area contributed by atoms with Gasteiger partial charge in [-0.1, -0.05) is 0 Å². The van der Waals surface area contributed by atoms with Crippen molar-refractivity contribution in [1.29, 1.82) is 0 Å². The van der Waals surface area contributed by atoms with Crippen molar-refractivity contribution in [3.63, 3.8) is 0 Å². The second kappa shape index (κ2) is 2.16. The molecule has 68 valence electrons. The molecule has 1 spiro atoms. The van der Waals surface area contributed by atoms with Crippen LogP contribution in [0.4, 0.5) is 8.78 Å². The Kier molecular flexibility index (Phi) is 1.42. The number of carbonyl (C=O) groups is 1. The number of hydrogen-bond donors (Lipinski definition) is 2. The van der Waals surface area contributed by atoms with E-state index in [-0.39, 0.29) is 13.1 Å². The van der Waals surface area contributed by atoms with Crippen LogP contribution in [0.2, 0.25) is 0 Å². The highest BCUT2D eigenvalue weighted by atomic mass is 19.3. The smallest absolute Gasteiger partial charge is 0.332 e. The number of amides is 1. The quantitative estimate of drug-likeness (QED) is 0.533. The average molecular weight is 176 g/mol. The number of carbonyl (C=O) groups excluding carboxylic acids is 1. The molecule has 2 aliphatic heterocycles. The van der Waals surface area contributed by atoms with Gasteiger partial charge in [0.1, 0.15) is 0 Å². The van der Waals surface area contributed by atoms with E-state index in [2.05, 4.69) is 10.6 Å². The number of rotatable bonds is 0. The zero-order valence-corrected chi connectivity index (χ0v) is 6.49. The maximum absolute atomic E-state index is 13.2.